The van der Waals surface area contributed by atoms with E-state index < -0.39 is 16.1 Å². The third-order valence-electron chi connectivity index (χ3n) is 6.24. The number of nitro benzene ring substituents is 1. The van der Waals surface area contributed by atoms with Gasteiger partial charge in [-0.25, -0.2) is 4.79 Å². The smallest absolute Gasteiger partial charge is 0.338 e. The maximum absolute atomic E-state index is 13.1. The molecule has 0 unspecified atom stereocenters. The Balaban J connectivity index is 1.55. The van der Waals surface area contributed by atoms with Crippen molar-refractivity contribution in [2.75, 3.05) is 6.61 Å². The molecule has 196 valence electrons. The van der Waals surface area contributed by atoms with Crippen LogP contribution in [0.2, 0.25) is 0 Å². The number of carbonyl (C=O) groups is 3. The van der Waals surface area contributed by atoms with Gasteiger partial charge >= 0.3 is 5.97 Å². The largest absolute Gasteiger partial charge is 0.462 e. The van der Waals surface area contributed by atoms with Crippen molar-refractivity contribution in [3.63, 3.8) is 0 Å². The molecule has 0 spiro atoms. The van der Waals surface area contributed by atoms with Gasteiger partial charge in [0.2, 0.25) is 0 Å². The van der Waals surface area contributed by atoms with Crippen molar-refractivity contribution < 1.29 is 24.0 Å². The van der Waals surface area contributed by atoms with E-state index in [1.54, 1.807) is 24.3 Å². The zero-order valence-corrected chi connectivity index (χ0v) is 22.1. The van der Waals surface area contributed by atoms with E-state index in [4.69, 9.17) is 4.74 Å². The van der Waals surface area contributed by atoms with Crippen LogP contribution in [0.15, 0.2) is 59.5 Å². The summed E-state index contributed by atoms with van der Waals surface area (Å²) in [4.78, 5) is 50.0. The number of nitrogens with zero attached hydrogens (tertiary/aromatic N) is 3. The molecule has 0 radical (unpaired) electrons. The Morgan fingerprint density at radius 3 is 2.50 bits per heavy atom. The molecule has 2 amide bonds. The summed E-state index contributed by atoms with van der Waals surface area (Å²) in [6.45, 7) is 6.08. The van der Waals surface area contributed by atoms with Gasteiger partial charge in [-0.05, 0) is 74.0 Å². The van der Waals surface area contributed by atoms with Crippen molar-refractivity contribution in [2.24, 2.45) is 0 Å². The summed E-state index contributed by atoms with van der Waals surface area (Å²) < 4.78 is 7.27. The van der Waals surface area contributed by atoms with Gasteiger partial charge in [-0.3, -0.25) is 24.6 Å². The zero-order chi connectivity index (χ0) is 27.4. The first kappa shape index (κ1) is 26.9. The molecule has 3 aromatic rings. The van der Waals surface area contributed by atoms with Gasteiger partial charge in [0.25, 0.3) is 16.8 Å². The lowest BCUT2D eigenvalue weighted by Gasteiger charge is -2.12. The zero-order valence-electron chi connectivity index (χ0n) is 21.3. The van der Waals surface area contributed by atoms with E-state index in [-0.39, 0.29) is 28.7 Å². The highest BCUT2D eigenvalue weighted by atomic mass is 32.2. The lowest BCUT2D eigenvalue weighted by Crippen LogP contribution is -2.27. The first-order valence-corrected chi connectivity index (χ1v) is 13.0. The predicted octanol–water partition coefficient (Wildman–Crippen LogP) is 6.20. The van der Waals surface area contributed by atoms with E-state index >= 15 is 0 Å². The normalized spacial score (nSPS) is 14.4. The van der Waals surface area contributed by atoms with Gasteiger partial charge in [0, 0.05) is 28.7 Å². The summed E-state index contributed by atoms with van der Waals surface area (Å²) in [5.74, 6) is -0.850. The van der Waals surface area contributed by atoms with Crippen LogP contribution in [0.4, 0.5) is 10.5 Å². The van der Waals surface area contributed by atoms with Gasteiger partial charge in [0.15, 0.2) is 0 Å². The number of carbonyl (C=O) groups excluding carboxylic acids is 3. The van der Waals surface area contributed by atoms with Crippen LogP contribution in [0.5, 0.6) is 0 Å². The Hall–Kier alpha value is -4.18. The molecule has 2 aromatic carbocycles. The van der Waals surface area contributed by atoms with Gasteiger partial charge in [0.05, 0.1) is 28.5 Å². The number of hydrogen-bond donors (Lipinski definition) is 0. The lowest BCUT2D eigenvalue weighted by atomic mass is 10.1. The third-order valence-corrected chi connectivity index (χ3v) is 7.15. The molecule has 4 rings (SSSR count). The number of aryl methyl sites for hydroxylation is 1. The number of aromatic nitrogens is 1. The molecular formula is C28H27N3O6S. The first-order valence-electron chi connectivity index (χ1n) is 12.2. The first-order chi connectivity index (χ1) is 18.2. The van der Waals surface area contributed by atoms with E-state index in [1.165, 1.54) is 18.2 Å². The van der Waals surface area contributed by atoms with Crippen LogP contribution in [-0.4, -0.2) is 38.1 Å². The second kappa shape index (κ2) is 11.5. The summed E-state index contributed by atoms with van der Waals surface area (Å²) in [5.41, 5.74) is 3.99. The number of imide groups is 1. The number of nitro groups is 1. The van der Waals surface area contributed by atoms with Gasteiger partial charge in [-0.15, -0.1) is 0 Å². The molecule has 38 heavy (non-hydrogen) atoms. The van der Waals surface area contributed by atoms with Gasteiger partial charge in [0.1, 0.15) is 0 Å². The Morgan fingerprint density at radius 2 is 1.82 bits per heavy atom. The van der Waals surface area contributed by atoms with Crippen molar-refractivity contribution >= 4 is 40.6 Å². The maximum Gasteiger partial charge on any atom is 0.338 e. The van der Waals surface area contributed by atoms with Gasteiger partial charge < -0.3 is 9.30 Å². The molecule has 2 heterocycles. The van der Waals surface area contributed by atoms with Gasteiger partial charge in [-0.2, -0.15) is 0 Å². The third kappa shape index (κ3) is 5.55. The van der Waals surface area contributed by atoms with Crippen molar-refractivity contribution in [3.05, 3.63) is 97.7 Å². The Kier molecular flexibility index (Phi) is 8.11. The summed E-state index contributed by atoms with van der Waals surface area (Å²) in [6.07, 6.45) is 3.44. The highest BCUT2D eigenvalue weighted by Crippen LogP contribution is 2.35. The minimum absolute atomic E-state index is 0.140. The van der Waals surface area contributed by atoms with Crippen LogP contribution in [0.1, 0.15) is 52.6 Å². The van der Waals surface area contributed by atoms with Crippen LogP contribution in [0, 0.1) is 24.0 Å². The van der Waals surface area contributed by atoms with Crippen LogP contribution < -0.4 is 0 Å². The van der Waals surface area contributed by atoms with E-state index in [2.05, 4.69) is 0 Å². The Morgan fingerprint density at radius 1 is 1.11 bits per heavy atom. The average Bonchev–Trinajstić information content (AvgIpc) is 3.33. The molecule has 1 aliphatic rings. The molecule has 1 aliphatic heterocycles. The quantitative estimate of drug-likeness (QED) is 0.106. The number of thioether (sulfide) groups is 1. The van der Waals surface area contributed by atoms with Crippen LogP contribution in [0.25, 0.3) is 11.8 Å². The molecule has 1 saturated heterocycles. The average molecular weight is 534 g/mol. The Labute approximate surface area is 224 Å². The van der Waals surface area contributed by atoms with Crippen LogP contribution in [0.3, 0.4) is 0 Å². The number of hydrogen-bond acceptors (Lipinski definition) is 7. The molecule has 0 aliphatic carbocycles. The van der Waals surface area contributed by atoms with Crippen molar-refractivity contribution in [3.8, 4) is 5.69 Å². The predicted molar refractivity (Wildman–Crippen MR) is 145 cm³/mol. The SMILES string of the molecule is CCCCOC(=O)c1ccc(-n2c(C)cc(/C=C3\SC(=O)N(Cc4ccccc4[N+](=O)[O-])C3=O)c2C)cc1. The maximum atomic E-state index is 13.1. The van der Waals surface area contributed by atoms with E-state index in [0.717, 1.165) is 52.1 Å². The molecule has 0 atom stereocenters. The number of rotatable bonds is 9. The highest BCUT2D eigenvalue weighted by Gasteiger charge is 2.36. The number of para-hydroxylation sites is 1. The van der Waals surface area contributed by atoms with Crippen molar-refractivity contribution in [2.45, 2.75) is 40.2 Å². The molecule has 1 fully saturated rings. The summed E-state index contributed by atoms with van der Waals surface area (Å²) in [6, 6.07) is 15.1. The second-order valence-corrected chi connectivity index (χ2v) is 9.85. The number of esters is 1. The minimum Gasteiger partial charge on any atom is -0.462 e. The molecule has 0 bridgehead atoms. The molecular weight excluding hydrogens is 506 g/mol. The number of ether oxygens (including phenoxy) is 1. The van der Waals surface area contributed by atoms with E-state index in [1.807, 2.05) is 43.5 Å². The fourth-order valence-corrected chi connectivity index (χ4v) is 5.07. The van der Waals surface area contributed by atoms with Gasteiger partial charge in [-0.1, -0.05) is 31.5 Å². The molecule has 9 nitrogen and oxygen atoms in total. The topological polar surface area (TPSA) is 112 Å². The van der Waals surface area contributed by atoms with Crippen LogP contribution in [-0.2, 0) is 16.1 Å². The summed E-state index contributed by atoms with van der Waals surface area (Å²) in [5, 5.41) is 10.9. The van der Waals surface area contributed by atoms with E-state index in [9.17, 15) is 24.5 Å². The minimum atomic E-state index is -0.527. The van der Waals surface area contributed by atoms with Crippen molar-refractivity contribution in [1.29, 1.82) is 0 Å². The monoisotopic (exact) mass is 533 g/mol. The second-order valence-electron chi connectivity index (χ2n) is 8.85. The lowest BCUT2D eigenvalue weighted by molar-refractivity contribution is -0.385. The van der Waals surface area contributed by atoms with Crippen molar-refractivity contribution in [1.82, 2.24) is 9.47 Å². The number of benzene rings is 2. The van der Waals surface area contributed by atoms with Crippen LogP contribution >= 0.6 is 11.8 Å². The number of amides is 2. The van der Waals surface area contributed by atoms with E-state index in [0.29, 0.717) is 12.2 Å². The molecule has 0 N–H and O–H groups in total. The fraction of sp³-hybridized carbons (Fsp3) is 0.250. The molecule has 10 heteroatoms. The molecule has 0 saturated carbocycles. The number of unbranched alkanes of at least 4 members (excludes halogenated alkanes) is 1. The fourth-order valence-electron chi connectivity index (χ4n) is 4.24. The molecule has 1 aromatic heterocycles. The summed E-state index contributed by atoms with van der Waals surface area (Å²) >= 11 is 0.811. The highest BCUT2D eigenvalue weighted by molar-refractivity contribution is 8.18. The Bertz CT molecular complexity index is 1440. The summed E-state index contributed by atoms with van der Waals surface area (Å²) in [7, 11) is 0. The standard InChI is InChI=1S/C28H27N3O6S/c1-4-5-14-37-27(33)20-10-12-23(13-11-20)30-18(2)15-22(19(30)3)16-25-26(32)29(28(34)38-25)17-21-8-6-7-9-24(21)31(35)36/h6-13,15-16H,4-5,14,17H2,1-3H3/b25-16-.